The number of nitrogens with zero attached hydrogens (tertiary/aromatic N) is 3. The number of aryl methyl sites for hydroxylation is 2. The number of piperazine rings is 1. The van der Waals surface area contributed by atoms with Crippen molar-refractivity contribution < 1.29 is 27.1 Å². The SMILES string of the molecule is COc1ccc(OC)c(S(=O)(=O)N2CCN(C(=O)CCc3ncc(-c4ccc(C)cc4)o3)CC2)c1. The summed E-state index contributed by atoms with van der Waals surface area (Å²) in [4.78, 5) is 18.8. The van der Waals surface area contributed by atoms with Crippen LogP contribution in [0.15, 0.2) is 58.0 Å². The Bertz CT molecular complexity index is 1280. The standard InChI is InChI=1S/C25H29N3O6S/c1-18-4-6-19(7-5-18)22-17-26-24(34-22)10-11-25(29)27-12-14-28(15-13-27)35(30,31)23-16-20(32-2)8-9-21(23)33-3/h4-9,16-17H,10-15H2,1-3H3. The topological polar surface area (TPSA) is 102 Å². The Morgan fingerprint density at radius 3 is 2.40 bits per heavy atom. The average molecular weight is 500 g/mol. The van der Waals surface area contributed by atoms with E-state index < -0.39 is 10.0 Å². The number of amides is 1. The maximum atomic E-state index is 13.2. The van der Waals surface area contributed by atoms with E-state index in [2.05, 4.69) is 4.98 Å². The molecule has 0 radical (unpaired) electrons. The third-order valence-electron chi connectivity index (χ3n) is 6.02. The van der Waals surface area contributed by atoms with Crippen molar-refractivity contribution in [1.29, 1.82) is 0 Å². The summed E-state index contributed by atoms with van der Waals surface area (Å²) < 4.78 is 44.1. The quantitative estimate of drug-likeness (QED) is 0.469. The largest absolute Gasteiger partial charge is 0.497 e. The van der Waals surface area contributed by atoms with Crippen molar-refractivity contribution in [3.05, 3.63) is 60.1 Å². The second-order valence-electron chi connectivity index (χ2n) is 8.29. The molecule has 0 N–H and O–H groups in total. The summed E-state index contributed by atoms with van der Waals surface area (Å²) in [5.41, 5.74) is 2.10. The smallest absolute Gasteiger partial charge is 0.247 e. The van der Waals surface area contributed by atoms with Gasteiger partial charge in [0, 0.05) is 50.7 Å². The van der Waals surface area contributed by atoms with Crippen LogP contribution in [0.5, 0.6) is 11.5 Å². The third-order valence-corrected chi connectivity index (χ3v) is 7.94. The van der Waals surface area contributed by atoms with Gasteiger partial charge in [-0.1, -0.05) is 29.8 Å². The van der Waals surface area contributed by atoms with E-state index in [9.17, 15) is 13.2 Å². The van der Waals surface area contributed by atoms with Crippen molar-refractivity contribution in [3.8, 4) is 22.8 Å². The van der Waals surface area contributed by atoms with E-state index in [1.807, 2.05) is 31.2 Å². The zero-order valence-corrected chi connectivity index (χ0v) is 20.9. The van der Waals surface area contributed by atoms with Crippen LogP contribution >= 0.6 is 0 Å². The second kappa shape index (κ2) is 10.5. The predicted octanol–water partition coefficient (Wildman–Crippen LogP) is 3.13. The van der Waals surface area contributed by atoms with Crippen molar-refractivity contribution in [1.82, 2.24) is 14.2 Å². The Labute approximate surface area is 205 Å². The maximum Gasteiger partial charge on any atom is 0.247 e. The van der Waals surface area contributed by atoms with Gasteiger partial charge in [-0.25, -0.2) is 13.4 Å². The highest BCUT2D eigenvalue weighted by atomic mass is 32.2. The third kappa shape index (κ3) is 5.49. The molecule has 4 rings (SSSR count). The van der Waals surface area contributed by atoms with Crippen LogP contribution in [0.25, 0.3) is 11.3 Å². The Morgan fingerprint density at radius 1 is 1.03 bits per heavy atom. The molecule has 1 fully saturated rings. The number of hydrogen-bond donors (Lipinski definition) is 0. The minimum atomic E-state index is -3.80. The zero-order valence-electron chi connectivity index (χ0n) is 20.1. The molecule has 1 amide bonds. The normalized spacial score (nSPS) is 14.7. The van der Waals surface area contributed by atoms with Gasteiger partial charge in [0.25, 0.3) is 0 Å². The van der Waals surface area contributed by atoms with Crippen molar-refractivity contribution in [3.63, 3.8) is 0 Å². The van der Waals surface area contributed by atoms with E-state index in [-0.39, 0.29) is 36.1 Å². The monoisotopic (exact) mass is 499 g/mol. The number of carbonyl (C=O) groups excluding carboxylic acids is 1. The van der Waals surface area contributed by atoms with Crippen molar-refractivity contribution in [2.75, 3.05) is 40.4 Å². The molecular formula is C25H29N3O6S. The molecule has 0 bridgehead atoms. The molecule has 2 heterocycles. The predicted molar refractivity (Wildman–Crippen MR) is 130 cm³/mol. The van der Waals surface area contributed by atoms with Crippen LogP contribution in [0.4, 0.5) is 0 Å². The molecule has 9 nitrogen and oxygen atoms in total. The van der Waals surface area contributed by atoms with Gasteiger partial charge in [-0.15, -0.1) is 0 Å². The highest BCUT2D eigenvalue weighted by Gasteiger charge is 2.32. The van der Waals surface area contributed by atoms with E-state index >= 15 is 0 Å². The van der Waals surface area contributed by atoms with Gasteiger partial charge < -0.3 is 18.8 Å². The first-order valence-electron chi connectivity index (χ1n) is 11.3. The second-order valence-corrected chi connectivity index (χ2v) is 10.2. The fourth-order valence-corrected chi connectivity index (χ4v) is 5.54. The molecule has 0 saturated carbocycles. The molecule has 2 aromatic carbocycles. The first-order valence-corrected chi connectivity index (χ1v) is 12.8. The summed E-state index contributed by atoms with van der Waals surface area (Å²) in [6.45, 7) is 3.04. The van der Waals surface area contributed by atoms with Crippen LogP contribution in [-0.2, 0) is 21.2 Å². The average Bonchev–Trinajstić information content (AvgIpc) is 3.36. The molecule has 35 heavy (non-hydrogen) atoms. The number of rotatable bonds is 8. The first kappa shape index (κ1) is 24.7. The van der Waals surface area contributed by atoms with E-state index in [4.69, 9.17) is 13.9 Å². The highest BCUT2D eigenvalue weighted by Crippen LogP contribution is 2.31. The molecular weight excluding hydrogens is 470 g/mol. The fourth-order valence-electron chi connectivity index (χ4n) is 3.95. The van der Waals surface area contributed by atoms with Gasteiger partial charge >= 0.3 is 0 Å². The molecule has 186 valence electrons. The number of aromatic nitrogens is 1. The van der Waals surface area contributed by atoms with Gasteiger partial charge in [-0.2, -0.15) is 4.31 Å². The summed E-state index contributed by atoms with van der Waals surface area (Å²) >= 11 is 0. The molecule has 1 aromatic heterocycles. The van der Waals surface area contributed by atoms with Gasteiger partial charge in [0.2, 0.25) is 15.9 Å². The van der Waals surface area contributed by atoms with Crippen molar-refractivity contribution in [2.45, 2.75) is 24.7 Å². The molecule has 1 saturated heterocycles. The van der Waals surface area contributed by atoms with Gasteiger partial charge in [-0.3, -0.25) is 4.79 Å². The van der Waals surface area contributed by atoms with E-state index in [1.54, 1.807) is 23.2 Å². The molecule has 0 spiro atoms. The molecule has 0 aliphatic carbocycles. The summed E-state index contributed by atoms with van der Waals surface area (Å²) in [7, 11) is -0.901. The Hall–Kier alpha value is -3.37. The van der Waals surface area contributed by atoms with Crippen LogP contribution in [0.3, 0.4) is 0 Å². The van der Waals surface area contributed by atoms with Gasteiger partial charge in [-0.05, 0) is 19.1 Å². The summed E-state index contributed by atoms with van der Waals surface area (Å²) in [5.74, 6) is 1.78. The number of ether oxygens (including phenoxy) is 2. The lowest BCUT2D eigenvalue weighted by atomic mass is 10.1. The number of sulfonamides is 1. The molecule has 3 aromatic rings. The summed E-state index contributed by atoms with van der Waals surface area (Å²) in [6, 6.07) is 12.6. The van der Waals surface area contributed by atoms with Crippen molar-refractivity contribution >= 4 is 15.9 Å². The van der Waals surface area contributed by atoms with Crippen LogP contribution in [0.2, 0.25) is 0 Å². The number of benzene rings is 2. The lowest BCUT2D eigenvalue weighted by Crippen LogP contribution is -2.50. The zero-order chi connectivity index (χ0) is 25.0. The van der Waals surface area contributed by atoms with Crippen LogP contribution in [0.1, 0.15) is 17.9 Å². The lowest BCUT2D eigenvalue weighted by molar-refractivity contribution is -0.132. The summed E-state index contributed by atoms with van der Waals surface area (Å²) in [6.07, 6.45) is 2.29. The number of carbonyl (C=O) groups is 1. The minimum Gasteiger partial charge on any atom is -0.497 e. The molecule has 0 atom stereocenters. The number of methoxy groups -OCH3 is 2. The fraction of sp³-hybridized carbons (Fsp3) is 0.360. The van der Waals surface area contributed by atoms with Gasteiger partial charge in [0.05, 0.1) is 20.4 Å². The number of hydrogen-bond acceptors (Lipinski definition) is 7. The first-order chi connectivity index (χ1) is 16.8. The Balaban J connectivity index is 1.33. The number of oxazole rings is 1. The molecule has 1 aliphatic rings. The molecule has 0 unspecified atom stereocenters. The van der Waals surface area contributed by atoms with E-state index in [0.717, 1.165) is 11.1 Å². The van der Waals surface area contributed by atoms with Crippen LogP contribution in [0, 0.1) is 6.92 Å². The highest BCUT2D eigenvalue weighted by molar-refractivity contribution is 7.89. The minimum absolute atomic E-state index is 0.0485. The van der Waals surface area contributed by atoms with Crippen LogP contribution < -0.4 is 9.47 Å². The Morgan fingerprint density at radius 2 is 1.74 bits per heavy atom. The van der Waals surface area contributed by atoms with Gasteiger partial charge in [0.1, 0.15) is 16.4 Å². The molecule has 1 aliphatic heterocycles. The Kier molecular flexibility index (Phi) is 7.42. The van der Waals surface area contributed by atoms with Gasteiger partial charge in [0.15, 0.2) is 11.7 Å². The van der Waals surface area contributed by atoms with Crippen molar-refractivity contribution in [2.24, 2.45) is 0 Å². The maximum absolute atomic E-state index is 13.2. The van der Waals surface area contributed by atoms with Crippen LogP contribution in [-0.4, -0.2) is 68.9 Å². The lowest BCUT2D eigenvalue weighted by Gasteiger charge is -2.34. The van der Waals surface area contributed by atoms with E-state index in [1.165, 1.54) is 24.6 Å². The van der Waals surface area contributed by atoms with E-state index in [0.29, 0.717) is 36.9 Å². The molecule has 10 heteroatoms. The summed E-state index contributed by atoms with van der Waals surface area (Å²) in [5, 5.41) is 0.